The zero-order valence-electron chi connectivity index (χ0n) is 13.9. The van der Waals surface area contributed by atoms with Gasteiger partial charge in [-0.15, -0.1) is 0 Å². The highest BCUT2D eigenvalue weighted by Crippen LogP contribution is 2.20. The number of urea groups is 1. The Morgan fingerprint density at radius 2 is 2.00 bits per heavy atom. The molecule has 2 aliphatic rings. The van der Waals surface area contributed by atoms with Crippen LogP contribution in [0.25, 0.3) is 0 Å². The minimum Gasteiger partial charge on any atom is -0.356 e. The van der Waals surface area contributed by atoms with Gasteiger partial charge in [0.1, 0.15) is 0 Å². The first kappa shape index (κ1) is 16.8. The zero-order chi connectivity index (χ0) is 15.9. The highest BCUT2D eigenvalue weighted by molar-refractivity contribution is 5.79. The Labute approximate surface area is 133 Å². The Balaban J connectivity index is 1.66. The van der Waals surface area contributed by atoms with Crippen LogP contribution in [-0.4, -0.2) is 55.5 Å². The molecule has 0 saturated carbocycles. The van der Waals surface area contributed by atoms with Crippen LogP contribution in [-0.2, 0) is 4.79 Å². The number of nitrogens with one attached hydrogen (secondary N) is 1. The Hall–Kier alpha value is -1.52. The molecular formula is C17H29N3O2. The van der Waals surface area contributed by atoms with Gasteiger partial charge < -0.3 is 15.1 Å². The van der Waals surface area contributed by atoms with Gasteiger partial charge in [-0.1, -0.05) is 11.6 Å². The van der Waals surface area contributed by atoms with Gasteiger partial charge in [-0.3, -0.25) is 4.79 Å². The number of piperidine rings is 1. The van der Waals surface area contributed by atoms with Gasteiger partial charge in [0.15, 0.2) is 0 Å². The molecule has 1 aliphatic carbocycles. The lowest BCUT2D eigenvalue weighted by Crippen LogP contribution is -2.46. The summed E-state index contributed by atoms with van der Waals surface area (Å²) in [5, 5.41) is 3.07. The fraction of sp³-hybridized carbons (Fsp3) is 0.765. The first-order chi connectivity index (χ1) is 10.6. The molecule has 0 aromatic carbocycles. The minimum atomic E-state index is 0.0445. The van der Waals surface area contributed by atoms with Crippen molar-refractivity contribution in [2.24, 2.45) is 5.92 Å². The van der Waals surface area contributed by atoms with Gasteiger partial charge in [0.05, 0.1) is 0 Å². The molecule has 1 heterocycles. The largest absolute Gasteiger partial charge is 0.356 e. The van der Waals surface area contributed by atoms with Crippen LogP contribution in [0.1, 0.15) is 44.9 Å². The zero-order valence-corrected chi connectivity index (χ0v) is 13.9. The van der Waals surface area contributed by atoms with Gasteiger partial charge >= 0.3 is 6.03 Å². The van der Waals surface area contributed by atoms with E-state index in [9.17, 15) is 9.59 Å². The predicted molar refractivity (Wildman–Crippen MR) is 87.6 cm³/mol. The molecule has 0 aromatic heterocycles. The van der Waals surface area contributed by atoms with Crippen molar-refractivity contribution in [1.29, 1.82) is 0 Å². The van der Waals surface area contributed by atoms with E-state index in [-0.39, 0.29) is 17.9 Å². The van der Waals surface area contributed by atoms with Crippen molar-refractivity contribution in [2.75, 3.05) is 33.7 Å². The maximum Gasteiger partial charge on any atom is 0.319 e. The summed E-state index contributed by atoms with van der Waals surface area (Å²) in [5.41, 5.74) is 1.50. The van der Waals surface area contributed by atoms with Crippen LogP contribution in [0.3, 0.4) is 0 Å². The number of carbonyl (C=O) groups is 2. The molecule has 22 heavy (non-hydrogen) atoms. The molecular weight excluding hydrogens is 278 g/mol. The molecule has 5 nitrogen and oxygen atoms in total. The van der Waals surface area contributed by atoms with Crippen molar-refractivity contribution < 1.29 is 9.59 Å². The van der Waals surface area contributed by atoms with Crippen LogP contribution in [0, 0.1) is 5.92 Å². The van der Waals surface area contributed by atoms with Crippen LogP contribution in [0.4, 0.5) is 4.79 Å². The first-order valence-electron chi connectivity index (χ1n) is 8.50. The second kappa shape index (κ2) is 8.20. The summed E-state index contributed by atoms with van der Waals surface area (Å²) in [6.07, 6.45) is 9.85. The van der Waals surface area contributed by atoms with E-state index in [4.69, 9.17) is 0 Å². The molecule has 1 saturated heterocycles. The number of nitrogens with zero attached hydrogens (tertiary/aromatic N) is 2. The number of allylic oxidation sites excluding steroid dienone is 1. The fourth-order valence-electron chi connectivity index (χ4n) is 3.24. The Morgan fingerprint density at radius 1 is 1.27 bits per heavy atom. The average Bonchev–Trinajstić information content (AvgIpc) is 2.55. The molecule has 0 spiro atoms. The van der Waals surface area contributed by atoms with Gasteiger partial charge in [0, 0.05) is 39.6 Å². The minimum absolute atomic E-state index is 0.0445. The van der Waals surface area contributed by atoms with Gasteiger partial charge in [0.2, 0.25) is 5.91 Å². The quantitative estimate of drug-likeness (QED) is 0.811. The van der Waals surface area contributed by atoms with E-state index in [0.29, 0.717) is 13.1 Å². The number of hydrogen-bond donors (Lipinski definition) is 1. The topological polar surface area (TPSA) is 52.7 Å². The van der Waals surface area contributed by atoms with Gasteiger partial charge in [-0.25, -0.2) is 4.79 Å². The first-order valence-corrected chi connectivity index (χ1v) is 8.50. The van der Waals surface area contributed by atoms with E-state index < -0.39 is 0 Å². The van der Waals surface area contributed by atoms with E-state index in [0.717, 1.165) is 25.8 Å². The fourth-order valence-corrected chi connectivity index (χ4v) is 3.24. The van der Waals surface area contributed by atoms with Crippen molar-refractivity contribution in [3.8, 4) is 0 Å². The van der Waals surface area contributed by atoms with E-state index in [2.05, 4.69) is 11.4 Å². The molecule has 124 valence electrons. The Morgan fingerprint density at radius 3 is 2.59 bits per heavy atom. The molecule has 1 N–H and O–H groups in total. The number of carbonyl (C=O) groups excluding carboxylic acids is 2. The van der Waals surface area contributed by atoms with Crippen molar-refractivity contribution in [3.05, 3.63) is 11.6 Å². The van der Waals surface area contributed by atoms with Gasteiger partial charge in [-0.05, 0) is 44.9 Å². The van der Waals surface area contributed by atoms with Crippen molar-refractivity contribution in [3.63, 3.8) is 0 Å². The summed E-state index contributed by atoms with van der Waals surface area (Å²) in [5.74, 6) is 0.222. The number of likely N-dealkylation sites (tertiary alicyclic amines) is 1. The van der Waals surface area contributed by atoms with Crippen LogP contribution < -0.4 is 5.32 Å². The van der Waals surface area contributed by atoms with Crippen LogP contribution in [0.2, 0.25) is 0 Å². The molecule has 1 aliphatic heterocycles. The highest BCUT2D eigenvalue weighted by atomic mass is 16.2. The Bertz CT molecular complexity index is 424. The smallest absolute Gasteiger partial charge is 0.319 e. The van der Waals surface area contributed by atoms with Crippen LogP contribution >= 0.6 is 0 Å². The van der Waals surface area contributed by atoms with Gasteiger partial charge in [0.25, 0.3) is 0 Å². The summed E-state index contributed by atoms with van der Waals surface area (Å²) in [4.78, 5) is 27.5. The lowest BCUT2D eigenvalue weighted by molar-refractivity contribution is -0.126. The van der Waals surface area contributed by atoms with Crippen molar-refractivity contribution in [2.45, 2.75) is 44.9 Å². The second-order valence-electron chi connectivity index (χ2n) is 6.59. The summed E-state index contributed by atoms with van der Waals surface area (Å²) in [6, 6.07) is 0.0445. The SMILES string of the molecule is CN(C)C(=O)N1CCC(C(=O)NCCC2=CCCCC2)CC1. The number of amides is 3. The summed E-state index contributed by atoms with van der Waals surface area (Å²) in [6.45, 7) is 2.11. The molecule has 1 fully saturated rings. The normalized spacial score (nSPS) is 19.5. The second-order valence-corrected chi connectivity index (χ2v) is 6.59. The lowest BCUT2D eigenvalue weighted by atomic mass is 9.95. The van der Waals surface area contributed by atoms with E-state index >= 15 is 0 Å². The number of rotatable bonds is 4. The molecule has 0 aromatic rings. The van der Waals surface area contributed by atoms with E-state index in [1.165, 1.54) is 31.3 Å². The van der Waals surface area contributed by atoms with Crippen molar-refractivity contribution in [1.82, 2.24) is 15.1 Å². The molecule has 0 atom stereocenters. The maximum absolute atomic E-state index is 12.2. The molecule has 5 heteroatoms. The molecule has 0 radical (unpaired) electrons. The number of hydrogen-bond acceptors (Lipinski definition) is 2. The predicted octanol–water partition coefficient (Wildman–Crippen LogP) is 2.39. The summed E-state index contributed by atoms with van der Waals surface area (Å²) >= 11 is 0. The van der Waals surface area contributed by atoms with E-state index in [1.54, 1.807) is 19.0 Å². The third kappa shape index (κ3) is 4.75. The third-order valence-corrected chi connectivity index (χ3v) is 4.65. The molecule has 0 unspecified atom stereocenters. The molecule has 3 amide bonds. The lowest BCUT2D eigenvalue weighted by Gasteiger charge is -2.33. The molecule has 0 bridgehead atoms. The van der Waals surface area contributed by atoms with Gasteiger partial charge in [-0.2, -0.15) is 0 Å². The highest BCUT2D eigenvalue weighted by Gasteiger charge is 2.27. The maximum atomic E-state index is 12.2. The van der Waals surface area contributed by atoms with Crippen LogP contribution in [0.15, 0.2) is 11.6 Å². The molecule has 2 rings (SSSR count). The van der Waals surface area contributed by atoms with Crippen LogP contribution in [0.5, 0.6) is 0 Å². The van der Waals surface area contributed by atoms with E-state index in [1.807, 2.05) is 4.90 Å². The monoisotopic (exact) mass is 307 g/mol. The summed E-state index contributed by atoms with van der Waals surface area (Å²) < 4.78 is 0. The average molecular weight is 307 g/mol. The standard InChI is InChI=1S/C17H29N3O2/c1-19(2)17(22)20-12-9-15(10-13-20)16(21)18-11-8-14-6-4-3-5-7-14/h6,15H,3-5,7-13H2,1-2H3,(H,18,21). The Kier molecular flexibility index (Phi) is 6.28. The summed E-state index contributed by atoms with van der Waals surface area (Å²) in [7, 11) is 3.53. The van der Waals surface area contributed by atoms with Crippen molar-refractivity contribution >= 4 is 11.9 Å². The third-order valence-electron chi connectivity index (χ3n) is 4.65.